The third-order valence-corrected chi connectivity index (χ3v) is 3.58. The number of hydrogen-bond donors (Lipinski definition) is 3. The largest absolute Gasteiger partial charge is 0.480 e. The fourth-order valence-corrected chi connectivity index (χ4v) is 2.52. The average molecular weight is 296 g/mol. The number of methoxy groups -OCH3 is 1. The molecule has 0 amide bonds. The average Bonchev–Trinajstić information content (AvgIpc) is 2.98. The van der Waals surface area contributed by atoms with Crippen LogP contribution in [0.5, 0.6) is 5.88 Å². The van der Waals surface area contributed by atoms with Gasteiger partial charge in [0.15, 0.2) is 11.9 Å². The van der Waals surface area contributed by atoms with Crippen molar-refractivity contribution in [3.05, 3.63) is 12.0 Å². The lowest BCUT2D eigenvalue weighted by molar-refractivity contribution is -0.0567. The molecule has 1 fully saturated rings. The molecular formula is C12H16N4O5. The van der Waals surface area contributed by atoms with Crippen LogP contribution in [0.3, 0.4) is 0 Å². The SMILES string of the molecule is COc1ncnc2c1c(C)nn2[C@@H]1O[C@H](CO)[C@@H](O)[C@H]1O. The molecule has 0 aliphatic carbocycles. The van der Waals surface area contributed by atoms with Gasteiger partial charge in [0.25, 0.3) is 0 Å². The molecule has 9 nitrogen and oxygen atoms in total. The third-order valence-electron chi connectivity index (χ3n) is 3.58. The van der Waals surface area contributed by atoms with Crippen molar-refractivity contribution in [3.8, 4) is 5.88 Å². The second-order valence-electron chi connectivity index (χ2n) is 4.84. The lowest BCUT2D eigenvalue weighted by atomic mass is 10.1. The number of aryl methyl sites for hydroxylation is 1. The van der Waals surface area contributed by atoms with Gasteiger partial charge in [-0.25, -0.2) is 14.6 Å². The molecule has 1 aliphatic heterocycles. The lowest BCUT2D eigenvalue weighted by Crippen LogP contribution is -2.33. The van der Waals surface area contributed by atoms with Crippen molar-refractivity contribution in [1.82, 2.24) is 19.7 Å². The summed E-state index contributed by atoms with van der Waals surface area (Å²) in [6, 6.07) is 0. The van der Waals surface area contributed by atoms with Crippen LogP contribution in [0, 0.1) is 6.92 Å². The standard InChI is InChI=1S/C12H16N4O5/c1-5-7-10(13-4-14-11(7)20-2)16(15-5)12-9(19)8(18)6(3-17)21-12/h4,6,8-9,12,17-19H,3H2,1-2H3/t6-,8-,9-,12-/m1/s1. The van der Waals surface area contributed by atoms with Crippen molar-refractivity contribution in [2.45, 2.75) is 31.5 Å². The summed E-state index contributed by atoms with van der Waals surface area (Å²) in [5.74, 6) is 0.371. The number of aliphatic hydroxyl groups excluding tert-OH is 3. The minimum absolute atomic E-state index is 0.371. The third kappa shape index (κ3) is 2.05. The van der Waals surface area contributed by atoms with Gasteiger partial charge in [-0.1, -0.05) is 0 Å². The van der Waals surface area contributed by atoms with Crippen LogP contribution in [-0.2, 0) is 4.74 Å². The molecule has 2 aromatic heterocycles. The van der Waals surface area contributed by atoms with Crippen LogP contribution < -0.4 is 4.74 Å². The maximum Gasteiger partial charge on any atom is 0.227 e. The zero-order valence-corrected chi connectivity index (χ0v) is 11.5. The van der Waals surface area contributed by atoms with Gasteiger partial charge in [0.2, 0.25) is 5.88 Å². The van der Waals surface area contributed by atoms with Gasteiger partial charge in [-0.3, -0.25) is 0 Å². The van der Waals surface area contributed by atoms with Crippen molar-refractivity contribution >= 4 is 11.0 Å². The van der Waals surface area contributed by atoms with Gasteiger partial charge < -0.3 is 24.8 Å². The Kier molecular flexibility index (Phi) is 3.49. The van der Waals surface area contributed by atoms with Crippen molar-refractivity contribution < 1.29 is 24.8 Å². The van der Waals surface area contributed by atoms with Crippen molar-refractivity contribution in [3.63, 3.8) is 0 Å². The van der Waals surface area contributed by atoms with E-state index in [1.165, 1.54) is 18.1 Å². The molecule has 0 radical (unpaired) electrons. The maximum atomic E-state index is 10.1. The molecule has 114 valence electrons. The first-order valence-electron chi connectivity index (χ1n) is 6.44. The van der Waals surface area contributed by atoms with Gasteiger partial charge in [-0.05, 0) is 6.92 Å². The van der Waals surface area contributed by atoms with Gasteiger partial charge in [-0.2, -0.15) is 5.10 Å². The van der Waals surface area contributed by atoms with Gasteiger partial charge in [0.05, 0.1) is 19.4 Å². The Bertz CT molecular complexity index is 660. The van der Waals surface area contributed by atoms with Crippen LogP contribution in [0.15, 0.2) is 6.33 Å². The molecule has 3 heterocycles. The van der Waals surface area contributed by atoms with Gasteiger partial charge in [-0.15, -0.1) is 0 Å². The first-order valence-corrected chi connectivity index (χ1v) is 6.44. The van der Waals surface area contributed by atoms with Gasteiger partial charge >= 0.3 is 0 Å². The summed E-state index contributed by atoms with van der Waals surface area (Å²) in [5.41, 5.74) is 1.04. The van der Waals surface area contributed by atoms with Crippen LogP contribution in [0.25, 0.3) is 11.0 Å². The molecule has 2 aromatic rings. The zero-order valence-electron chi connectivity index (χ0n) is 11.5. The number of rotatable bonds is 3. The molecule has 21 heavy (non-hydrogen) atoms. The summed E-state index contributed by atoms with van der Waals surface area (Å²) in [5, 5.41) is 34.0. The molecular weight excluding hydrogens is 280 g/mol. The second-order valence-corrected chi connectivity index (χ2v) is 4.84. The minimum Gasteiger partial charge on any atom is -0.480 e. The summed E-state index contributed by atoms with van der Waals surface area (Å²) >= 11 is 0. The number of fused-ring (bicyclic) bond motifs is 1. The van der Waals surface area contributed by atoms with Crippen molar-refractivity contribution in [2.24, 2.45) is 0 Å². The molecule has 4 atom stereocenters. The fraction of sp³-hybridized carbons (Fsp3) is 0.583. The first kappa shape index (κ1) is 14.1. The molecule has 1 aliphatic rings. The highest BCUT2D eigenvalue weighted by Gasteiger charge is 2.44. The monoisotopic (exact) mass is 296 g/mol. The van der Waals surface area contributed by atoms with Crippen molar-refractivity contribution in [2.75, 3.05) is 13.7 Å². The van der Waals surface area contributed by atoms with E-state index < -0.39 is 31.1 Å². The Hall–Kier alpha value is -1.81. The molecule has 0 aromatic carbocycles. The van der Waals surface area contributed by atoms with E-state index in [9.17, 15) is 10.2 Å². The molecule has 0 spiro atoms. The van der Waals surface area contributed by atoms with Gasteiger partial charge in [0, 0.05) is 0 Å². The van der Waals surface area contributed by atoms with Crippen LogP contribution in [-0.4, -0.2) is 67.1 Å². The topological polar surface area (TPSA) is 123 Å². The molecule has 0 saturated carbocycles. The van der Waals surface area contributed by atoms with E-state index in [0.29, 0.717) is 22.6 Å². The van der Waals surface area contributed by atoms with Crippen LogP contribution in [0.2, 0.25) is 0 Å². The van der Waals surface area contributed by atoms with Crippen LogP contribution in [0.1, 0.15) is 11.9 Å². The predicted octanol–water partition coefficient (Wildman–Crippen LogP) is -1.25. The maximum absolute atomic E-state index is 10.1. The molecule has 0 bridgehead atoms. The zero-order chi connectivity index (χ0) is 15.1. The number of nitrogens with zero attached hydrogens (tertiary/aromatic N) is 4. The van der Waals surface area contributed by atoms with E-state index in [0.717, 1.165) is 0 Å². The predicted molar refractivity (Wildman–Crippen MR) is 69.6 cm³/mol. The van der Waals surface area contributed by atoms with E-state index in [2.05, 4.69) is 15.1 Å². The lowest BCUT2D eigenvalue weighted by Gasteiger charge is -2.15. The summed E-state index contributed by atoms with van der Waals surface area (Å²) in [6.45, 7) is 1.36. The van der Waals surface area contributed by atoms with E-state index in [1.54, 1.807) is 6.92 Å². The normalized spacial score (nSPS) is 29.2. The van der Waals surface area contributed by atoms with Crippen LogP contribution in [0.4, 0.5) is 0 Å². The first-order chi connectivity index (χ1) is 10.1. The minimum atomic E-state index is -1.22. The Morgan fingerprint density at radius 2 is 2.10 bits per heavy atom. The molecule has 3 rings (SSSR count). The highest BCUT2D eigenvalue weighted by molar-refractivity contribution is 5.83. The number of aromatic nitrogens is 4. The second kappa shape index (κ2) is 5.19. The molecule has 9 heteroatoms. The number of aliphatic hydroxyl groups is 3. The van der Waals surface area contributed by atoms with E-state index in [4.69, 9.17) is 14.6 Å². The Morgan fingerprint density at radius 1 is 1.33 bits per heavy atom. The Morgan fingerprint density at radius 3 is 2.71 bits per heavy atom. The van der Waals surface area contributed by atoms with E-state index in [1.807, 2.05) is 0 Å². The summed E-state index contributed by atoms with van der Waals surface area (Å²) < 4.78 is 12.0. The molecule has 0 unspecified atom stereocenters. The number of hydrogen-bond acceptors (Lipinski definition) is 8. The quantitative estimate of drug-likeness (QED) is 0.642. The smallest absolute Gasteiger partial charge is 0.227 e. The van der Waals surface area contributed by atoms with Crippen molar-refractivity contribution in [1.29, 1.82) is 0 Å². The van der Waals surface area contributed by atoms with E-state index in [-0.39, 0.29) is 0 Å². The molecule has 1 saturated heterocycles. The number of ether oxygens (including phenoxy) is 2. The fourth-order valence-electron chi connectivity index (χ4n) is 2.52. The highest BCUT2D eigenvalue weighted by Crippen LogP contribution is 2.33. The Labute approximate surface area is 119 Å². The van der Waals surface area contributed by atoms with E-state index >= 15 is 0 Å². The summed E-state index contributed by atoms with van der Waals surface area (Å²) in [4.78, 5) is 8.15. The highest BCUT2D eigenvalue weighted by atomic mass is 16.6. The molecule has 3 N–H and O–H groups in total. The Balaban J connectivity index is 2.10. The van der Waals surface area contributed by atoms with Gasteiger partial charge in [0.1, 0.15) is 30.0 Å². The van der Waals surface area contributed by atoms with Crippen LogP contribution >= 0.6 is 0 Å². The summed E-state index contributed by atoms with van der Waals surface area (Å²) in [6.07, 6.45) is -2.89. The summed E-state index contributed by atoms with van der Waals surface area (Å²) in [7, 11) is 1.49.